The van der Waals surface area contributed by atoms with E-state index in [4.69, 9.17) is 4.74 Å². The van der Waals surface area contributed by atoms with Crippen LogP contribution in [0.2, 0.25) is 0 Å². The molecule has 0 N–H and O–H groups in total. The van der Waals surface area contributed by atoms with Gasteiger partial charge in [0.1, 0.15) is 5.75 Å². The van der Waals surface area contributed by atoms with Gasteiger partial charge in [0, 0.05) is 6.42 Å². The van der Waals surface area contributed by atoms with Gasteiger partial charge in [0.15, 0.2) is 0 Å². The Morgan fingerprint density at radius 1 is 1.04 bits per heavy atom. The van der Waals surface area contributed by atoms with Crippen LogP contribution in [0.4, 0.5) is 13.2 Å². The summed E-state index contributed by atoms with van der Waals surface area (Å²) < 4.78 is 42.6. The first kappa shape index (κ1) is 18.8. The average molecular weight is 342 g/mol. The summed E-state index contributed by atoms with van der Waals surface area (Å²) in [6.45, 7) is 2.21. The van der Waals surface area contributed by atoms with Crippen LogP contribution < -0.4 is 4.74 Å². The topological polar surface area (TPSA) is 26.3 Å². The number of hydrogen-bond acceptors (Lipinski definition) is 2. The summed E-state index contributed by atoms with van der Waals surface area (Å²) in [6.07, 6.45) is 4.09. The molecule has 0 unspecified atom stereocenters. The Balaban J connectivity index is 1.72. The second-order valence-electron chi connectivity index (χ2n) is 6.71. The lowest BCUT2D eigenvalue weighted by atomic mass is 9.78. The summed E-state index contributed by atoms with van der Waals surface area (Å²) in [5, 5.41) is 0. The Kier molecular flexibility index (Phi) is 6.69. The highest BCUT2D eigenvalue weighted by Crippen LogP contribution is 2.34. The number of ether oxygens (including phenoxy) is 1. The third-order valence-corrected chi connectivity index (χ3v) is 4.83. The van der Waals surface area contributed by atoms with E-state index in [9.17, 15) is 18.0 Å². The molecule has 0 saturated heterocycles. The molecule has 24 heavy (non-hydrogen) atoms. The van der Waals surface area contributed by atoms with Gasteiger partial charge in [-0.3, -0.25) is 4.79 Å². The van der Waals surface area contributed by atoms with E-state index >= 15 is 0 Å². The zero-order valence-electron chi connectivity index (χ0n) is 14.1. The standard InChI is InChI=1S/C19H25F3O2/c1-2-3-14-4-6-15(7-5-14)8-13-18(23)24-17-11-9-16(10-12-17)19(20,21)22/h9-12,14-15H,2-8,13H2,1H3/t14-,15-. The normalized spacial score (nSPS) is 21.5. The maximum absolute atomic E-state index is 12.5. The quantitative estimate of drug-likeness (QED) is 0.468. The molecule has 2 nitrogen and oxygen atoms in total. The van der Waals surface area contributed by atoms with Gasteiger partial charge in [-0.1, -0.05) is 45.4 Å². The number of benzene rings is 1. The van der Waals surface area contributed by atoms with E-state index in [0.29, 0.717) is 12.3 Å². The number of esters is 1. The molecule has 1 aliphatic carbocycles. The van der Waals surface area contributed by atoms with Crippen molar-refractivity contribution in [1.29, 1.82) is 0 Å². The lowest BCUT2D eigenvalue weighted by Crippen LogP contribution is -2.17. The van der Waals surface area contributed by atoms with E-state index in [0.717, 1.165) is 37.3 Å². The van der Waals surface area contributed by atoms with Crippen LogP contribution in [0.25, 0.3) is 0 Å². The van der Waals surface area contributed by atoms with Crippen molar-refractivity contribution in [3.63, 3.8) is 0 Å². The van der Waals surface area contributed by atoms with Gasteiger partial charge >= 0.3 is 12.1 Å². The number of hydrogen-bond donors (Lipinski definition) is 0. The zero-order valence-corrected chi connectivity index (χ0v) is 14.1. The van der Waals surface area contributed by atoms with Crippen molar-refractivity contribution < 1.29 is 22.7 Å². The van der Waals surface area contributed by atoms with Crippen molar-refractivity contribution in [2.75, 3.05) is 0 Å². The van der Waals surface area contributed by atoms with Gasteiger partial charge < -0.3 is 4.74 Å². The first-order valence-electron chi connectivity index (χ1n) is 8.76. The second-order valence-corrected chi connectivity index (χ2v) is 6.71. The van der Waals surface area contributed by atoms with Gasteiger partial charge in [-0.15, -0.1) is 0 Å². The molecule has 5 heteroatoms. The van der Waals surface area contributed by atoms with E-state index in [2.05, 4.69) is 6.92 Å². The van der Waals surface area contributed by atoms with Crippen molar-refractivity contribution in [2.45, 2.75) is 64.5 Å². The highest BCUT2D eigenvalue weighted by Gasteiger charge is 2.30. The van der Waals surface area contributed by atoms with Gasteiger partial charge in [0.25, 0.3) is 0 Å². The number of alkyl halides is 3. The van der Waals surface area contributed by atoms with Gasteiger partial charge in [-0.2, -0.15) is 13.2 Å². The molecular formula is C19H25F3O2. The van der Waals surface area contributed by atoms with Crippen molar-refractivity contribution in [3.8, 4) is 5.75 Å². The molecule has 1 fully saturated rings. The number of carbonyl (C=O) groups excluding carboxylic acids is 1. The summed E-state index contributed by atoms with van der Waals surface area (Å²) in [5.41, 5.74) is -0.744. The Hall–Kier alpha value is -1.52. The SMILES string of the molecule is CCC[C@H]1CC[C@H](CCC(=O)Oc2ccc(C(F)(F)F)cc2)CC1. The third-order valence-electron chi connectivity index (χ3n) is 4.83. The van der Waals surface area contributed by atoms with Crippen molar-refractivity contribution >= 4 is 5.97 Å². The van der Waals surface area contributed by atoms with Gasteiger partial charge in [-0.25, -0.2) is 0 Å². The van der Waals surface area contributed by atoms with E-state index < -0.39 is 11.7 Å². The lowest BCUT2D eigenvalue weighted by Gasteiger charge is -2.28. The molecule has 1 aromatic rings. The molecule has 134 valence electrons. The molecule has 1 aliphatic rings. The molecule has 0 aromatic heterocycles. The highest BCUT2D eigenvalue weighted by atomic mass is 19.4. The first-order valence-corrected chi connectivity index (χ1v) is 8.76. The van der Waals surface area contributed by atoms with Crippen LogP contribution >= 0.6 is 0 Å². The van der Waals surface area contributed by atoms with E-state index in [1.54, 1.807) is 0 Å². The first-order chi connectivity index (χ1) is 11.4. The van der Waals surface area contributed by atoms with Crippen LogP contribution in [0.15, 0.2) is 24.3 Å². The molecule has 0 spiro atoms. The number of halogens is 3. The molecule has 2 rings (SSSR count). The smallest absolute Gasteiger partial charge is 0.416 e. The molecule has 0 aliphatic heterocycles. The van der Waals surface area contributed by atoms with Crippen LogP contribution in [0.3, 0.4) is 0 Å². The molecule has 1 saturated carbocycles. The third kappa shape index (κ3) is 5.84. The molecule has 0 amide bonds. The highest BCUT2D eigenvalue weighted by molar-refractivity contribution is 5.72. The fourth-order valence-corrected chi connectivity index (χ4v) is 3.43. The maximum Gasteiger partial charge on any atom is 0.416 e. The minimum absolute atomic E-state index is 0.166. The maximum atomic E-state index is 12.5. The second kappa shape index (κ2) is 8.54. The molecule has 0 bridgehead atoms. The van der Waals surface area contributed by atoms with Gasteiger partial charge in [0.2, 0.25) is 0 Å². The minimum atomic E-state index is -4.38. The minimum Gasteiger partial charge on any atom is -0.427 e. The Labute approximate surface area is 141 Å². The van der Waals surface area contributed by atoms with Gasteiger partial charge in [0.05, 0.1) is 5.56 Å². The van der Waals surface area contributed by atoms with Crippen LogP contribution in [0.1, 0.15) is 63.9 Å². The van der Waals surface area contributed by atoms with Crippen molar-refractivity contribution in [3.05, 3.63) is 29.8 Å². The molecule has 0 atom stereocenters. The van der Waals surface area contributed by atoms with Crippen molar-refractivity contribution in [2.24, 2.45) is 11.8 Å². The number of carbonyl (C=O) groups is 1. The fraction of sp³-hybridized carbons (Fsp3) is 0.632. The van der Waals surface area contributed by atoms with E-state index in [1.807, 2.05) is 0 Å². The summed E-state index contributed by atoms with van der Waals surface area (Å²) >= 11 is 0. The van der Waals surface area contributed by atoms with Gasteiger partial charge in [-0.05, 0) is 42.5 Å². The van der Waals surface area contributed by atoms with Crippen LogP contribution in [-0.4, -0.2) is 5.97 Å². The fourth-order valence-electron chi connectivity index (χ4n) is 3.43. The summed E-state index contributed by atoms with van der Waals surface area (Å²) in [6, 6.07) is 4.24. The molecular weight excluding hydrogens is 317 g/mol. The largest absolute Gasteiger partial charge is 0.427 e. The Bertz CT molecular complexity index is 514. The summed E-state index contributed by atoms with van der Waals surface area (Å²) in [7, 11) is 0. The Morgan fingerprint density at radius 3 is 2.08 bits per heavy atom. The Morgan fingerprint density at radius 2 is 1.58 bits per heavy atom. The summed E-state index contributed by atoms with van der Waals surface area (Å²) in [5.74, 6) is 1.20. The summed E-state index contributed by atoms with van der Waals surface area (Å²) in [4.78, 5) is 11.9. The molecule has 0 heterocycles. The predicted molar refractivity (Wildman–Crippen MR) is 86.7 cm³/mol. The number of rotatable bonds is 6. The molecule has 1 aromatic carbocycles. The zero-order chi connectivity index (χ0) is 17.6. The van der Waals surface area contributed by atoms with Crippen molar-refractivity contribution in [1.82, 2.24) is 0 Å². The monoisotopic (exact) mass is 342 g/mol. The lowest BCUT2D eigenvalue weighted by molar-refractivity contribution is -0.137. The van der Waals surface area contributed by atoms with E-state index in [-0.39, 0.29) is 11.7 Å². The van der Waals surface area contributed by atoms with E-state index in [1.165, 1.54) is 37.8 Å². The molecule has 0 radical (unpaired) electrons. The van der Waals surface area contributed by atoms with Crippen LogP contribution in [-0.2, 0) is 11.0 Å². The predicted octanol–water partition coefficient (Wildman–Crippen LogP) is 6.00. The van der Waals surface area contributed by atoms with Crippen LogP contribution in [0.5, 0.6) is 5.75 Å². The average Bonchev–Trinajstić information content (AvgIpc) is 2.54. The van der Waals surface area contributed by atoms with Crippen LogP contribution in [0, 0.1) is 11.8 Å².